The third kappa shape index (κ3) is 4.62. The van der Waals surface area contributed by atoms with Crippen molar-refractivity contribution >= 4 is 11.9 Å². The van der Waals surface area contributed by atoms with Crippen molar-refractivity contribution in [2.45, 2.75) is 45.3 Å². The summed E-state index contributed by atoms with van der Waals surface area (Å²) in [6.07, 6.45) is 2.59. The van der Waals surface area contributed by atoms with E-state index in [0.29, 0.717) is 13.1 Å². The summed E-state index contributed by atoms with van der Waals surface area (Å²) in [7, 11) is 0. The largest absolute Gasteiger partial charge is 0.393 e. The van der Waals surface area contributed by atoms with E-state index in [9.17, 15) is 14.7 Å². The molecule has 0 saturated heterocycles. The number of hydrogen-bond donors (Lipinski definition) is 4. The van der Waals surface area contributed by atoms with Crippen LogP contribution in [0.4, 0.5) is 4.79 Å². The molecule has 0 radical (unpaired) electrons. The monoisotopic (exact) mass is 257 g/mol. The lowest BCUT2D eigenvalue weighted by atomic mass is 10.1. The number of nitrogens with one attached hydrogen (secondary N) is 3. The number of aliphatic hydroxyl groups is 1. The third-order valence-electron chi connectivity index (χ3n) is 3.27. The summed E-state index contributed by atoms with van der Waals surface area (Å²) < 4.78 is 0. The van der Waals surface area contributed by atoms with E-state index in [2.05, 4.69) is 16.0 Å². The molecule has 0 aromatic rings. The second-order valence-corrected chi connectivity index (χ2v) is 4.74. The highest BCUT2D eigenvalue weighted by Gasteiger charge is 2.26. The Balaban J connectivity index is 2.25. The van der Waals surface area contributed by atoms with Gasteiger partial charge in [0.1, 0.15) is 0 Å². The van der Waals surface area contributed by atoms with E-state index in [-0.39, 0.29) is 17.9 Å². The number of imide groups is 1. The van der Waals surface area contributed by atoms with Crippen LogP contribution in [0.15, 0.2) is 0 Å². The molecule has 1 aliphatic carbocycles. The Labute approximate surface area is 108 Å². The molecule has 0 heterocycles. The Morgan fingerprint density at radius 3 is 2.67 bits per heavy atom. The molecule has 1 fully saturated rings. The van der Waals surface area contributed by atoms with Gasteiger partial charge in [0.25, 0.3) is 0 Å². The van der Waals surface area contributed by atoms with Gasteiger partial charge in [-0.1, -0.05) is 6.42 Å². The van der Waals surface area contributed by atoms with Crippen LogP contribution < -0.4 is 16.0 Å². The molecule has 6 nitrogen and oxygen atoms in total. The molecule has 18 heavy (non-hydrogen) atoms. The van der Waals surface area contributed by atoms with Crippen LogP contribution in [-0.4, -0.2) is 42.3 Å². The molecule has 0 aliphatic heterocycles. The molecular weight excluding hydrogens is 234 g/mol. The fourth-order valence-electron chi connectivity index (χ4n) is 2.10. The van der Waals surface area contributed by atoms with Crippen molar-refractivity contribution in [3.05, 3.63) is 0 Å². The molecule has 0 aromatic carbocycles. The average molecular weight is 257 g/mol. The number of carbonyl (C=O) groups is 2. The fourth-order valence-corrected chi connectivity index (χ4v) is 2.10. The average Bonchev–Trinajstić information content (AvgIpc) is 2.72. The predicted octanol–water partition coefficient (Wildman–Crippen LogP) is -0.0288. The van der Waals surface area contributed by atoms with Gasteiger partial charge >= 0.3 is 6.03 Å². The van der Waals surface area contributed by atoms with Gasteiger partial charge in [-0.3, -0.25) is 10.1 Å². The summed E-state index contributed by atoms with van der Waals surface area (Å²) in [6.45, 7) is 4.57. The lowest BCUT2D eigenvalue weighted by Crippen LogP contribution is -2.49. The fraction of sp³-hybridized carbons (Fsp3) is 0.833. The van der Waals surface area contributed by atoms with E-state index in [1.165, 1.54) is 0 Å². The van der Waals surface area contributed by atoms with E-state index < -0.39 is 12.1 Å². The maximum atomic E-state index is 11.6. The molecular formula is C12H23N3O3. The maximum Gasteiger partial charge on any atom is 0.321 e. The smallest absolute Gasteiger partial charge is 0.321 e. The van der Waals surface area contributed by atoms with Gasteiger partial charge in [0.2, 0.25) is 5.91 Å². The van der Waals surface area contributed by atoms with Gasteiger partial charge in [0, 0.05) is 13.1 Å². The van der Waals surface area contributed by atoms with Crippen molar-refractivity contribution in [3.63, 3.8) is 0 Å². The van der Waals surface area contributed by atoms with Crippen LogP contribution in [0.2, 0.25) is 0 Å². The Hall–Kier alpha value is -1.14. The molecule has 1 rings (SSSR count). The topological polar surface area (TPSA) is 90.5 Å². The standard InChI is InChI=1S/C12H23N3O3/c1-3-13-12(18)15-11(17)8(2)14-7-9-5-4-6-10(9)16/h8-10,14,16H,3-7H2,1-2H3,(H2,13,15,17,18). The molecule has 0 bridgehead atoms. The molecule has 6 heteroatoms. The van der Waals surface area contributed by atoms with Gasteiger partial charge in [0.05, 0.1) is 12.1 Å². The van der Waals surface area contributed by atoms with Gasteiger partial charge in [-0.25, -0.2) is 4.79 Å². The van der Waals surface area contributed by atoms with Gasteiger partial charge in [-0.15, -0.1) is 0 Å². The zero-order chi connectivity index (χ0) is 13.5. The van der Waals surface area contributed by atoms with Crippen molar-refractivity contribution < 1.29 is 14.7 Å². The van der Waals surface area contributed by atoms with Crippen molar-refractivity contribution in [1.29, 1.82) is 0 Å². The third-order valence-corrected chi connectivity index (χ3v) is 3.27. The Morgan fingerprint density at radius 2 is 2.11 bits per heavy atom. The molecule has 1 aliphatic rings. The van der Waals surface area contributed by atoms with E-state index in [0.717, 1.165) is 19.3 Å². The van der Waals surface area contributed by atoms with Gasteiger partial charge in [-0.05, 0) is 32.6 Å². The molecule has 3 unspecified atom stereocenters. The summed E-state index contributed by atoms with van der Waals surface area (Å²) in [6, 6.07) is -0.919. The van der Waals surface area contributed by atoms with Crippen molar-refractivity contribution in [3.8, 4) is 0 Å². The van der Waals surface area contributed by atoms with Crippen LogP contribution in [0, 0.1) is 5.92 Å². The first kappa shape index (κ1) is 14.9. The molecule has 3 atom stereocenters. The second kappa shape index (κ2) is 7.33. The van der Waals surface area contributed by atoms with Crippen LogP contribution in [0.1, 0.15) is 33.1 Å². The molecule has 3 amide bonds. The van der Waals surface area contributed by atoms with Crippen LogP contribution in [0.25, 0.3) is 0 Å². The minimum absolute atomic E-state index is 0.213. The summed E-state index contributed by atoms with van der Waals surface area (Å²) >= 11 is 0. The lowest BCUT2D eigenvalue weighted by molar-refractivity contribution is -0.121. The highest BCUT2D eigenvalue weighted by molar-refractivity contribution is 5.96. The summed E-state index contributed by atoms with van der Waals surface area (Å²) in [5.74, 6) is -0.141. The van der Waals surface area contributed by atoms with Crippen molar-refractivity contribution in [1.82, 2.24) is 16.0 Å². The Bertz CT molecular complexity index is 296. The van der Waals surface area contributed by atoms with Crippen LogP contribution in [0.5, 0.6) is 0 Å². The highest BCUT2D eigenvalue weighted by Crippen LogP contribution is 2.24. The first-order valence-electron chi connectivity index (χ1n) is 6.54. The van der Waals surface area contributed by atoms with E-state index in [4.69, 9.17) is 0 Å². The van der Waals surface area contributed by atoms with Gasteiger partial charge < -0.3 is 15.7 Å². The molecule has 0 spiro atoms. The minimum Gasteiger partial charge on any atom is -0.393 e. The van der Waals surface area contributed by atoms with Crippen molar-refractivity contribution in [2.24, 2.45) is 5.92 Å². The number of aliphatic hydroxyl groups excluding tert-OH is 1. The molecule has 104 valence electrons. The number of carbonyl (C=O) groups excluding carboxylic acids is 2. The second-order valence-electron chi connectivity index (χ2n) is 4.74. The van der Waals surface area contributed by atoms with E-state index >= 15 is 0 Å². The number of amides is 3. The van der Waals surface area contributed by atoms with Gasteiger partial charge in [0.15, 0.2) is 0 Å². The summed E-state index contributed by atoms with van der Waals surface area (Å²) in [5.41, 5.74) is 0. The van der Waals surface area contributed by atoms with Crippen LogP contribution >= 0.6 is 0 Å². The number of urea groups is 1. The quantitative estimate of drug-likeness (QED) is 0.557. The van der Waals surface area contributed by atoms with E-state index in [1.807, 2.05) is 0 Å². The minimum atomic E-state index is -0.475. The highest BCUT2D eigenvalue weighted by atomic mass is 16.3. The lowest BCUT2D eigenvalue weighted by Gasteiger charge is -2.18. The number of rotatable bonds is 5. The van der Waals surface area contributed by atoms with E-state index in [1.54, 1.807) is 13.8 Å². The van der Waals surface area contributed by atoms with Crippen molar-refractivity contribution in [2.75, 3.05) is 13.1 Å². The zero-order valence-electron chi connectivity index (χ0n) is 11.0. The van der Waals surface area contributed by atoms with Crippen LogP contribution in [0.3, 0.4) is 0 Å². The maximum absolute atomic E-state index is 11.6. The first-order valence-corrected chi connectivity index (χ1v) is 6.54. The normalized spacial score (nSPS) is 24.6. The zero-order valence-corrected chi connectivity index (χ0v) is 11.0. The van der Waals surface area contributed by atoms with Crippen LogP contribution in [-0.2, 0) is 4.79 Å². The SMILES string of the molecule is CCNC(=O)NC(=O)C(C)NCC1CCCC1O. The molecule has 1 saturated carbocycles. The molecule has 0 aromatic heterocycles. The Kier molecular flexibility index (Phi) is 6.07. The van der Waals surface area contributed by atoms with Gasteiger partial charge in [-0.2, -0.15) is 0 Å². The predicted molar refractivity (Wildman–Crippen MR) is 68.0 cm³/mol. The first-order chi connectivity index (χ1) is 8.54. The summed E-state index contributed by atoms with van der Waals surface area (Å²) in [5, 5.41) is 17.5. The Morgan fingerprint density at radius 1 is 1.39 bits per heavy atom. The summed E-state index contributed by atoms with van der Waals surface area (Å²) in [4.78, 5) is 22.8. The molecule has 4 N–H and O–H groups in total. The number of hydrogen-bond acceptors (Lipinski definition) is 4.